The topological polar surface area (TPSA) is 79.5 Å². The summed E-state index contributed by atoms with van der Waals surface area (Å²) in [6.07, 6.45) is -1.14. The van der Waals surface area contributed by atoms with E-state index < -0.39 is 12.1 Å². The highest BCUT2D eigenvalue weighted by Gasteiger charge is 2.18. The van der Waals surface area contributed by atoms with Gasteiger partial charge in [-0.3, -0.25) is 4.79 Å². The van der Waals surface area contributed by atoms with Crippen molar-refractivity contribution in [2.45, 2.75) is 33.0 Å². The van der Waals surface area contributed by atoms with E-state index in [1.54, 1.807) is 48.5 Å². The van der Waals surface area contributed by atoms with E-state index >= 15 is 0 Å². The van der Waals surface area contributed by atoms with Gasteiger partial charge in [0.05, 0.1) is 17.0 Å². The Kier molecular flexibility index (Phi) is 6.01. The number of carboxylic acids is 1. The van der Waals surface area contributed by atoms with E-state index in [4.69, 9.17) is 4.42 Å². The molecular formula is C27H24FNO4. The molecule has 168 valence electrons. The smallest absolute Gasteiger partial charge is 0.337 e. The molecule has 5 nitrogen and oxygen atoms in total. The molecule has 1 heterocycles. The third-order valence-corrected chi connectivity index (χ3v) is 5.63. The third-order valence-electron chi connectivity index (χ3n) is 5.63. The predicted molar refractivity (Wildman–Crippen MR) is 128 cm³/mol. The number of hydrogen-bond acceptors (Lipinski definition) is 4. The van der Waals surface area contributed by atoms with Gasteiger partial charge in [-0.15, -0.1) is 0 Å². The maximum absolute atomic E-state index is 13.8. The van der Waals surface area contributed by atoms with Crippen molar-refractivity contribution < 1.29 is 18.7 Å². The van der Waals surface area contributed by atoms with Crippen molar-refractivity contribution in [1.29, 1.82) is 0 Å². The third kappa shape index (κ3) is 4.51. The van der Waals surface area contributed by atoms with Gasteiger partial charge < -0.3 is 14.8 Å². The van der Waals surface area contributed by atoms with E-state index in [-0.39, 0.29) is 17.0 Å². The van der Waals surface area contributed by atoms with Crippen molar-refractivity contribution in [1.82, 2.24) is 0 Å². The van der Waals surface area contributed by atoms with Crippen LogP contribution in [0.25, 0.3) is 22.3 Å². The molecule has 4 rings (SSSR count). The Balaban J connectivity index is 1.84. The number of aromatic carboxylic acids is 1. The Bertz CT molecular complexity index is 1410. The summed E-state index contributed by atoms with van der Waals surface area (Å²) in [6.45, 7) is 5.23. The quantitative estimate of drug-likeness (QED) is 0.346. The van der Waals surface area contributed by atoms with Crippen molar-refractivity contribution in [3.8, 4) is 11.3 Å². The molecule has 2 N–H and O–H groups in total. The van der Waals surface area contributed by atoms with Crippen molar-refractivity contribution in [2.75, 3.05) is 5.32 Å². The fourth-order valence-corrected chi connectivity index (χ4v) is 3.94. The number of para-hydroxylation sites is 1. The van der Waals surface area contributed by atoms with Crippen LogP contribution in [0.1, 0.15) is 53.1 Å². The molecule has 3 aromatic carbocycles. The van der Waals surface area contributed by atoms with Gasteiger partial charge in [0.15, 0.2) is 5.43 Å². The maximum atomic E-state index is 13.8. The van der Waals surface area contributed by atoms with Gasteiger partial charge in [-0.05, 0) is 56.2 Å². The van der Waals surface area contributed by atoms with Crippen molar-refractivity contribution in [2.24, 2.45) is 0 Å². The monoisotopic (exact) mass is 445 g/mol. The Morgan fingerprint density at radius 1 is 1.03 bits per heavy atom. The molecule has 0 amide bonds. The minimum Gasteiger partial charge on any atom is -0.478 e. The number of fused-ring (bicyclic) bond motifs is 1. The summed E-state index contributed by atoms with van der Waals surface area (Å²) >= 11 is 0. The van der Waals surface area contributed by atoms with Gasteiger partial charge in [-0.2, -0.15) is 0 Å². The van der Waals surface area contributed by atoms with Crippen molar-refractivity contribution in [3.63, 3.8) is 0 Å². The van der Waals surface area contributed by atoms with Gasteiger partial charge in [-0.1, -0.05) is 36.4 Å². The number of benzene rings is 3. The molecule has 0 bridgehead atoms. The molecule has 33 heavy (non-hydrogen) atoms. The zero-order valence-electron chi connectivity index (χ0n) is 18.6. The van der Waals surface area contributed by atoms with Crippen LogP contribution in [0.15, 0.2) is 75.9 Å². The Hall–Kier alpha value is -3.93. The first-order chi connectivity index (χ1) is 15.7. The van der Waals surface area contributed by atoms with E-state index in [0.29, 0.717) is 33.5 Å². The largest absolute Gasteiger partial charge is 0.478 e. The normalized spacial score (nSPS) is 13.0. The molecule has 0 radical (unpaired) electrons. The molecule has 6 heteroatoms. The van der Waals surface area contributed by atoms with Crippen LogP contribution < -0.4 is 10.7 Å². The van der Waals surface area contributed by atoms with E-state index in [9.17, 15) is 19.1 Å². The molecule has 0 saturated carbocycles. The molecule has 0 aliphatic rings. The number of anilines is 1. The molecule has 2 unspecified atom stereocenters. The van der Waals surface area contributed by atoms with Crippen LogP contribution in [0.3, 0.4) is 0 Å². The summed E-state index contributed by atoms with van der Waals surface area (Å²) in [5, 5.41) is 13.2. The minimum absolute atomic E-state index is 0.153. The van der Waals surface area contributed by atoms with Gasteiger partial charge in [0.2, 0.25) is 0 Å². The van der Waals surface area contributed by atoms with Gasteiger partial charge in [0, 0.05) is 22.9 Å². The van der Waals surface area contributed by atoms with Crippen LogP contribution in [0.5, 0.6) is 0 Å². The summed E-state index contributed by atoms with van der Waals surface area (Å²) in [7, 11) is 0. The first-order valence-corrected chi connectivity index (χ1v) is 10.7. The van der Waals surface area contributed by atoms with Gasteiger partial charge in [0.25, 0.3) is 0 Å². The number of halogens is 1. The molecule has 0 fully saturated rings. The molecule has 4 aromatic rings. The highest BCUT2D eigenvalue weighted by atomic mass is 19.1. The second-order valence-corrected chi connectivity index (χ2v) is 8.16. The lowest BCUT2D eigenvalue weighted by Crippen LogP contribution is -2.12. The standard InChI is InChI=1S/C27H24FNO4/c1-15-11-21(17(3)29-23-10-5-4-9-20(23)27(31)32)26-22(12-15)24(30)14-25(33-26)19-8-6-7-18(13-19)16(2)28/h4-14,16-17,29H,1-3H3,(H,31,32). The van der Waals surface area contributed by atoms with E-state index in [2.05, 4.69) is 5.32 Å². The molecule has 2 atom stereocenters. The number of nitrogens with one attached hydrogen (secondary N) is 1. The van der Waals surface area contributed by atoms with Crippen LogP contribution >= 0.6 is 0 Å². The van der Waals surface area contributed by atoms with E-state index in [0.717, 1.165) is 11.1 Å². The zero-order chi connectivity index (χ0) is 23.7. The fourth-order valence-electron chi connectivity index (χ4n) is 3.94. The highest BCUT2D eigenvalue weighted by Crippen LogP contribution is 2.32. The van der Waals surface area contributed by atoms with Gasteiger partial charge in [-0.25, -0.2) is 9.18 Å². The molecule has 0 spiro atoms. The van der Waals surface area contributed by atoms with Crippen molar-refractivity contribution in [3.05, 3.63) is 99.2 Å². The summed E-state index contributed by atoms with van der Waals surface area (Å²) in [6, 6.07) is 18.3. The SMILES string of the molecule is Cc1cc(C(C)Nc2ccccc2C(=O)O)c2oc(-c3cccc(C(C)F)c3)cc(=O)c2c1. The fraction of sp³-hybridized carbons (Fsp3) is 0.185. The second kappa shape index (κ2) is 8.90. The molecule has 0 aliphatic carbocycles. The average Bonchev–Trinajstić information content (AvgIpc) is 2.79. The number of carboxylic acid groups (broad SMARTS) is 1. The van der Waals surface area contributed by atoms with Crippen LogP contribution in [-0.4, -0.2) is 11.1 Å². The van der Waals surface area contributed by atoms with Crippen LogP contribution in [0.2, 0.25) is 0 Å². The lowest BCUT2D eigenvalue weighted by Gasteiger charge is -2.19. The second-order valence-electron chi connectivity index (χ2n) is 8.16. The summed E-state index contributed by atoms with van der Waals surface area (Å²) in [4.78, 5) is 24.6. The first-order valence-electron chi connectivity index (χ1n) is 10.7. The lowest BCUT2D eigenvalue weighted by molar-refractivity contribution is 0.0698. The zero-order valence-corrected chi connectivity index (χ0v) is 18.6. The first kappa shape index (κ1) is 22.3. The van der Waals surface area contributed by atoms with Gasteiger partial charge >= 0.3 is 5.97 Å². The predicted octanol–water partition coefficient (Wildman–Crippen LogP) is 6.67. The van der Waals surface area contributed by atoms with Gasteiger partial charge in [0.1, 0.15) is 17.5 Å². The summed E-state index contributed by atoms with van der Waals surface area (Å²) in [5.41, 5.74) is 3.54. The van der Waals surface area contributed by atoms with E-state index in [1.165, 1.54) is 19.1 Å². The molecule has 0 aliphatic heterocycles. The number of carbonyl (C=O) groups is 1. The Morgan fingerprint density at radius 2 is 1.79 bits per heavy atom. The van der Waals surface area contributed by atoms with Crippen LogP contribution in [0, 0.1) is 6.92 Å². The highest BCUT2D eigenvalue weighted by molar-refractivity contribution is 5.94. The maximum Gasteiger partial charge on any atom is 0.337 e. The van der Waals surface area contributed by atoms with Crippen LogP contribution in [-0.2, 0) is 0 Å². The molecule has 1 aromatic heterocycles. The summed E-state index contributed by atoms with van der Waals surface area (Å²) in [5.74, 6) is -0.687. The molecule has 0 saturated heterocycles. The summed E-state index contributed by atoms with van der Waals surface area (Å²) < 4.78 is 20.0. The Labute approximate surface area is 190 Å². The van der Waals surface area contributed by atoms with E-state index in [1.807, 2.05) is 19.9 Å². The average molecular weight is 445 g/mol. The number of hydrogen-bond donors (Lipinski definition) is 2. The minimum atomic E-state index is -1.14. The molecular weight excluding hydrogens is 421 g/mol. The number of rotatable bonds is 6. The lowest BCUT2D eigenvalue weighted by atomic mass is 9.99. The van der Waals surface area contributed by atoms with Crippen LogP contribution in [0.4, 0.5) is 10.1 Å². The Morgan fingerprint density at radius 3 is 2.52 bits per heavy atom. The number of aryl methyl sites for hydroxylation is 1. The van der Waals surface area contributed by atoms with Crippen molar-refractivity contribution >= 4 is 22.6 Å². The number of alkyl halides is 1.